The van der Waals surface area contributed by atoms with E-state index < -0.39 is 10.8 Å². The highest BCUT2D eigenvalue weighted by Crippen LogP contribution is 2.23. The summed E-state index contributed by atoms with van der Waals surface area (Å²) < 4.78 is 0. The number of nitro groups is 1. The zero-order valence-electron chi connectivity index (χ0n) is 17.0. The first-order chi connectivity index (χ1) is 14.8. The summed E-state index contributed by atoms with van der Waals surface area (Å²) in [5.74, 6) is -0.268. The van der Waals surface area contributed by atoms with E-state index in [1.807, 2.05) is 32.0 Å². The Labute approximate surface area is 184 Å². The number of nitrogens with zero attached hydrogens (tertiary/aromatic N) is 1. The first-order valence-electron chi connectivity index (χ1n) is 9.48. The van der Waals surface area contributed by atoms with Crippen molar-refractivity contribution in [3.63, 3.8) is 0 Å². The Morgan fingerprint density at radius 2 is 1.58 bits per heavy atom. The number of nitrogens with one attached hydrogen (secondary N) is 2. The fourth-order valence-electron chi connectivity index (χ4n) is 2.93. The summed E-state index contributed by atoms with van der Waals surface area (Å²) in [6, 6.07) is 18.5. The molecule has 0 aliphatic carbocycles. The van der Waals surface area contributed by atoms with Crippen LogP contribution in [0.3, 0.4) is 0 Å². The zero-order chi connectivity index (χ0) is 22.4. The van der Waals surface area contributed by atoms with Crippen LogP contribution in [0.5, 0.6) is 0 Å². The van der Waals surface area contributed by atoms with E-state index in [1.165, 1.54) is 36.0 Å². The summed E-state index contributed by atoms with van der Waals surface area (Å²) in [6.45, 7) is 3.91. The normalized spacial score (nSPS) is 10.4. The number of hydrogen-bond donors (Lipinski definition) is 2. The Hall–Kier alpha value is -3.65. The molecule has 2 amide bonds. The van der Waals surface area contributed by atoms with Crippen LogP contribution in [-0.4, -0.2) is 22.5 Å². The van der Waals surface area contributed by atoms with Gasteiger partial charge in [0.15, 0.2) is 0 Å². The number of para-hydroxylation sites is 1. The van der Waals surface area contributed by atoms with Crippen LogP contribution in [0.2, 0.25) is 0 Å². The number of thioether (sulfide) groups is 1. The Morgan fingerprint density at radius 1 is 0.935 bits per heavy atom. The van der Waals surface area contributed by atoms with Gasteiger partial charge in [-0.05, 0) is 55.3 Å². The SMILES string of the molecule is Cc1cccc(C)c1NC(=O)CSc1ccc(NC(=O)c2cccc([N+](=O)[O-])c2)cc1. The number of nitro benzene ring substituents is 1. The average Bonchev–Trinajstić information content (AvgIpc) is 2.76. The van der Waals surface area contributed by atoms with Crippen molar-refractivity contribution < 1.29 is 14.5 Å². The molecule has 0 saturated heterocycles. The third kappa shape index (κ3) is 5.93. The standard InChI is InChI=1S/C23H21N3O4S/c1-15-5-3-6-16(2)22(15)25-21(27)14-31-20-11-9-18(10-12-20)24-23(28)17-7-4-8-19(13-17)26(29)30/h3-13H,14H2,1-2H3,(H,24,28)(H,25,27). The van der Waals surface area contributed by atoms with E-state index in [0.29, 0.717) is 5.69 Å². The summed E-state index contributed by atoms with van der Waals surface area (Å²) >= 11 is 1.39. The maximum Gasteiger partial charge on any atom is 0.270 e. The number of benzene rings is 3. The molecule has 0 bridgehead atoms. The molecule has 3 aromatic carbocycles. The van der Waals surface area contributed by atoms with Gasteiger partial charge >= 0.3 is 0 Å². The minimum absolute atomic E-state index is 0.0922. The molecule has 0 fully saturated rings. The van der Waals surface area contributed by atoms with E-state index in [2.05, 4.69) is 10.6 Å². The Kier molecular flexibility index (Phi) is 7.04. The molecular weight excluding hydrogens is 414 g/mol. The number of aryl methyl sites for hydroxylation is 2. The predicted octanol–water partition coefficient (Wildman–Crippen LogP) is 5.19. The lowest BCUT2D eigenvalue weighted by Gasteiger charge is -2.11. The van der Waals surface area contributed by atoms with E-state index in [0.717, 1.165) is 21.7 Å². The highest BCUT2D eigenvalue weighted by atomic mass is 32.2. The summed E-state index contributed by atoms with van der Waals surface area (Å²) in [6.07, 6.45) is 0. The van der Waals surface area contributed by atoms with Crippen molar-refractivity contribution in [3.05, 3.63) is 93.5 Å². The molecule has 31 heavy (non-hydrogen) atoms. The summed E-state index contributed by atoms with van der Waals surface area (Å²) in [5.41, 5.74) is 3.49. The van der Waals surface area contributed by atoms with E-state index in [9.17, 15) is 19.7 Å². The van der Waals surface area contributed by atoms with E-state index in [-0.39, 0.29) is 22.9 Å². The molecule has 158 valence electrons. The van der Waals surface area contributed by atoms with Crippen molar-refractivity contribution in [1.29, 1.82) is 0 Å². The average molecular weight is 436 g/mol. The quantitative estimate of drug-likeness (QED) is 0.302. The Balaban J connectivity index is 1.55. The fraction of sp³-hybridized carbons (Fsp3) is 0.130. The molecule has 0 atom stereocenters. The third-order valence-corrected chi connectivity index (χ3v) is 5.56. The number of rotatable bonds is 7. The predicted molar refractivity (Wildman–Crippen MR) is 123 cm³/mol. The van der Waals surface area contributed by atoms with Crippen molar-refractivity contribution >= 4 is 40.6 Å². The minimum Gasteiger partial charge on any atom is -0.325 e. The maximum absolute atomic E-state index is 12.3. The molecule has 0 aliphatic heterocycles. The molecular formula is C23H21N3O4S. The van der Waals surface area contributed by atoms with Gasteiger partial charge in [0.25, 0.3) is 11.6 Å². The van der Waals surface area contributed by atoms with Gasteiger partial charge in [-0.2, -0.15) is 0 Å². The summed E-state index contributed by atoms with van der Waals surface area (Å²) in [5, 5.41) is 16.5. The van der Waals surface area contributed by atoms with Gasteiger partial charge in [0.1, 0.15) is 0 Å². The van der Waals surface area contributed by atoms with Gasteiger partial charge < -0.3 is 10.6 Å². The molecule has 8 heteroatoms. The second-order valence-electron chi connectivity index (χ2n) is 6.89. The number of carbonyl (C=O) groups excluding carboxylic acids is 2. The van der Waals surface area contributed by atoms with Crippen LogP contribution < -0.4 is 10.6 Å². The van der Waals surface area contributed by atoms with Crippen molar-refractivity contribution in [2.45, 2.75) is 18.7 Å². The molecule has 0 aliphatic rings. The van der Waals surface area contributed by atoms with Gasteiger partial charge in [0.2, 0.25) is 5.91 Å². The van der Waals surface area contributed by atoms with Gasteiger partial charge in [-0.25, -0.2) is 0 Å². The second-order valence-corrected chi connectivity index (χ2v) is 7.94. The molecule has 0 aromatic heterocycles. The molecule has 7 nitrogen and oxygen atoms in total. The van der Waals surface area contributed by atoms with E-state index >= 15 is 0 Å². The highest BCUT2D eigenvalue weighted by Gasteiger charge is 2.12. The van der Waals surface area contributed by atoms with Gasteiger partial charge in [0, 0.05) is 34.0 Å². The van der Waals surface area contributed by atoms with Gasteiger partial charge in [-0.3, -0.25) is 19.7 Å². The van der Waals surface area contributed by atoms with Crippen LogP contribution in [-0.2, 0) is 4.79 Å². The van der Waals surface area contributed by atoms with Crippen LogP contribution in [0.25, 0.3) is 0 Å². The van der Waals surface area contributed by atoms with Gasteiger partial charge in [-0.1, -0.05) is 24.3 Å². The maximum atomic E-state index is 12.3. The molecule has 0 spiro atoms. The molecule has 0 radical (unpaired) electrons. The molecule has 2 N–H and O–H groups in total. The highest BCUT2D eigenvalue weighted by molar-refractivity contribution is 8.00. The van der Waals surface area contributed by atoms with E-state index in [4.69, 9.17) is 0 Å². The molecule has 3 rings (SSSR count). The van der Waals surface area contributed by atoms with Crippen molar-refractivity contribution in [2.24, 2.45) is 0 Å². The number of carbonyl (C=O) groups is 2. The number of hydrogen-bond acceptors (Lipinski definition) is 5. The lowest BCUT2D eigenvalue weighted by molar-refractivity contribution is -0.384. The van der Waals surface area contributed by atoms with Gasteiger partial charge in [0.05, 0.1) is 10.7 Å². The van der Waals surface area contributed by atoms with Crippen LogP contribution >= 0.6 is 11.8 Å². The zero-order valence-corrected chi connectivity index (χ0v) is 17.9. The van der Waals surface area contributed by atoms with Crippen LogP contribution in [0.4, 0.5) is 17.1 Å². The smallest absolute Gasteiger partial charge is 0.270 e. The minimum atomic E-state index is -0.542. The van der Waals surface area contributed by atoms with Crippen molar-refractivity contribution in [1.82, 2.24) is 0 Å². The molecule has 0 heterocycles. The number of amides is 2. The lowest BCUT2D eigenvalue weighted by Crippen LogP contribution is -2.15. The second kappa shape index (κ2) is 9.90. The van der Waals surface area contributed by atoms with Crippen molar-refractivity contribution in [2.75, 3.05) is 16.4 Å². The van der Waals surface area contributed by atoms with Crippen LogP contribution in [0, 0.1) is 24.0 Å². The Morgan fingerprint density at radius 3 is 2.23 bits per heavy atom. The first kappa shape index (κ1) is 22.0. The van der Waals surface area contributed by atoms with Crippen molar-refractivity contribution in [3.8, 4) is 0 Å². The lowest BCUT2D eigenvalue weighted by atomic mass is 10.1. The number of non-ortho nitro benzene ring substituents is 1. The van der Waals surface area contributed by atoms with Crippen LogP contribution in [0.15, 0.2) is 71.6 Å². The molecule has 0 unspecified atom stereocenters. The largest absolute Gasteiger partial charge is 0.325 e. The monoisotopic (exact) mass is 435 g/mol. The van der Waals surface area contributed by atoms with E-state index in [1.54, 1.807) is 24.3 Å². The molecule has 3 aromatic rings. The Bertz CT molecular complexity index is 1110. The summed E-state index contributed by atoms with van der Waals surface area (Å²) in [7, 11) is 0. The number of anilines is 2. The molecule has 0 saturated carbocycles. The van der Waals surface area contributed by atoms with Crippen LogP contribution in [0.1, 0.15) is 21.5 Å². The fourth-order valence-corrected chi connectivity index (χ4v) is 3.63. The van der Waals surface area contributed by atoms with Gasteiger partial charge in [-0.15, -0.1) is 11.8 Å². The third-order valence-electron chi connectivity index (χ3n) is 4.55. The first-order valence-corrected chi connectivity index (χ1v) is 10.5. The topological polar surface area (TPSA) is 101 Å². The summed E-state index contributed by atoms with van der Waals surface area (Å²) in [4.78, 5) is 35.8.